The highest BCUT2D eigenvalue weighted by atomic mass is 79.9. The number of nitrogens with zero attached hydrogens (tertiary/aromatic N) is 4. The highest BCUT2D eigenvalue weighted by Crippen LogP contribution is 2.38. The number of non-ortho nitro benzene ring substituents is 1. The molecule has 1 aromatic heterocycles. The normalized spacial score (nSPS) is 14.0. The summed E-state index contributed by atoms with van der Waals surface area (Å²) in [5.74, 6) is 0.280. The van der Waals surface area contributed by atoms with E-state index in [1.807, 2.05) is 49.4 Å². The Balaban J connectivity index is 1.51. The van der Waals surface area contributed by atoms with Gasteiger partial charge in [0.2, 0.25) is 0 Å². The van der Waals surface area contributed by atoms with Crippen molar-refractivity contribution in [2.45, 2.75) is 13.5 Å². The van der Waals surface area contributed by atoms with Crippen molar-refractivity contribution >= 4 is 44.2 Å². The average Bonchev–Trinajstić information content (AvgIpc) is 3.25. The molecule has 202 valence electrons. The monoisotopic (exact) mass is 592 g/mol. The number of methoxy groups -OCH3 is 1. The Morgan fingerprint density at radius 3 is 2.31 bits per heavy atom. The summed E-state index contributed by atoms with van der Waals surface area (Å²) < 4.78 is 14.0. The number of carbonyl (C=O) groups is 1. The summed E-state index contributed by atoms with van der Waals surface area (Å²) in [5, 5.41) is 11.8. The zero-order valence-electron chi connectivity index (χ0n) is 21.8. The molecule has 4 aromatic rings. The molecule has 1 aliphatic heterocycles. The molecule has 1 fully saturated rings. The summed E-state index contributed by atoms with van der Waals surface area (Å²) in [6, 6.07) is 20.5. The number of fused-ring (bicyclic) bond motifs is 1. The molecule has 0 spiro atoms. The quantitative estimate of drug-likeness (QED) is 0.145. The van der Waals surface area contributed by atoms with Gasteiger partial charge in [-0.05, 0) is 59.3 Å². The van der Waals surface area contributed by atoms with Crippen LogP contribution in [0, 0.1) is 10.1 Å². The molecule has 10 heteroatoms. The standard InChI is InChI=1S/C29H29BrN4O5/c1-3-39-29(35)28-23-17-27(38-2)24(30)18-25(23)33(21-7-5-4-6-8-21)26(28)19-31-13-15-32(16-14-31)20-9-11-22(12-10-20)34(36)37/h4-12,17-18H,3,13-16,19H2,1-2H3. The zero-order chi connectivity index (χ0) is 27.5. The lowest BCUT2D eigenvalue weighted by atomic mass is 10.1. The zero-order valence-corrected chi connectivity index (χ0v) is 23.4. The van der Waals surface area contributed by atoms with E-state index in [2.05, 4.69) is 30.3 Å². The van der Waals surface area contributed by atoms with Gasteiger partial charge in [0.05, 0.1) is 39.9 Å². The second-order valence-corrected chi connectivity index (χ2v) is 10.1. The lowest BCUT2D eigenvalue weighted by molar-refractivity contribution is -0.384. The number of nitro groups is 1. The first-order valence-corrected chi connectivity index (χ1v) is 13.6. The number of esters is 1. The van der Waals surface area contributed by atoms with Crippen molar-refractivity contribution in [2.75, 3.05) is 44.8 Å². The van der Waals surface area contributed by atoms with Crippen LogP contribution in [-0.4, -0.2) is 60.3 Å². The number of piperazine rings is 1. The van der Waals surface area contributed by atoms with E-state index in [9.17, 15) is 14.9 Å². The maximum absolute atomic E-state index is 13.4. The Hall–Kier alpha value is -3.89. The molecular formula is C29H29BrN4O5. The van der Waals surface area contributed by atoms with Crippen LogP contribution in [0.4, 0.5) is 11.4 Å². The molecular weight excluding hydrogens is 564 g/mol. The van der Waals surface area contributed by atoms with Gasteiger partial charge in [-0.1, -0.05) is 18.2 Å². The number of halogens is 1. The Bertz CT molecular complexity index is 1500. The third kappa shape index (κ3) is 5.35. The molecule has 0 amide bonds. The number of hydrogen-bond acceptors (Lipinski definition) is 7. The topological polar surface area (TPSA) is 90.1 Å². The summed E-state index contributed by atoms with van der Waals surface area (Å²) in [6.07, 6.45) is 0. The fourth-order valence-corrected chi connectivity index (χ4v) is 5.60. The minimum Gasteiger partial charge on any atom is -0.496 e. The molecule has 0 N–H and O–H groups in total. The predicted molar refractivity (Wildman–Crippen MR) is 154 cm³/mol. The second-order valence-electron chi connectivity index (χ2n) is 9.25. The van der Waals surface area contributed by atoms with Gasteiger partial charge >= 0.3 is 5.97 Å². The highest BCUT2D eigenvalue weighted by molar-refractivity contribution is 9.10. The van der Waals surface area contributed by atoms with E-state index < -0.39 is 0 Å². The molecule has 0 aliphatic carbocycles. The van der Waals surface area contributed by atoms with E-state index >= 15 is 0 Å². The molecule has 3 aromatic carbocycles. The minimum atomic E-state index is -0.386. The van der Waals surface area contributed by atoms with E-state index in [0.29, 0.717) is 17.9 Å². The van der Waals surface area contributed by atoms with Crippen molar-refractivity contribution in [3.05, 3.63) is 92.6 Å². The Kier molecular flexibility index (Phi) is 7.85. The maximum atomic E-state index is 13.4. The molecule has 2 heterocycles. The molecule has 0 unspecified atom stereocenters. The summed E-state index contributed by atoms with van der Waals surface area (Å²) >= 11 is 3.62. The van der Waals surface area contributed by atoms with E-state index in [4.69, 9.17) is 9.47 Å². The molecule has 0 radical (unpaired) electrons. The van der Waals surface area contributed by atoms with Gasteiger partial charge in [-0.25, -0.2) is 4.79 Å². The number of nitro benzene ring substituents is 1. The first-order valence-electron chi connectivity index (χ1n) is 12.8. The number of carbonyl (C=O) groups excluding carboxylic acids is 1. The third-order valence-electron chi connectivity index (χ3n) is 7.00. The first kappa shape index (κ1) is 26.7. The number of aromatic nitrogens is 1. The smallest absolute Gasteiger partial charge is 0.340 e. The van der Waals surface area contributed by atoms with Gasteiger partial charge in [0.15, 0.2) is 0 Å². The van der Waals surface area contributed by atoms with Crippen LogP contribution in [0.5, 0.6) is 5.75 Å². The van der Waals surface area contributed by atoms with Gasteiger partial charge in [0.1, 0.15) is 5.75 Å². The van der Waals surface area contributed by atoms with Gasteiger partial charge in [-0.3, -0.25) is 15.0 Å². The van der Waals surface area contributed by atoms with E-state index in [1.165, 1.54) is 12.1 Å². The van der Waals surface area contributed by atoms with Gasteiger partial charge in [-0.15, -0.1) is 0 Å². The molecule has 5 rings (SSSR count). The van der Waals surface area contributed by atoms with E-state index in [1.54, 1.807) is 19.2 Å². The van der Waals surface area contributed by atoms with E-state index in [-0.39, 0.29) is 23.2 Å². The maximum Gasteiger partial charge on any atom is 0.340 e. The number of ether oxygens (including phenoxy) is 2. The summed E-state index contributed by atoms with van der Waals surface area (Å²) in [4.78, 5) is 28.6. The lowest BCUT2D eigenvalue weighted by Gasteiger charge is -2.36. The van der Waals surface area contributed by atoms with Crippen LogP contribution < -0.4 is 9.64 Å². The van der Waals surface area contributed by atoms with Crippen molar-refractivity contribution < 1.29 is 19.2 Å². The van der Waals surface area contributed by atoms with Crippen molar-refractivity contribution in [3.63, 3.8) is 0 Å². The van der Waals surface area contributed by atoms with Crippen molar-refractivity contribution in [2.24, 2.45) is 0 Å². The largest absolute Gasteiger partial charge is 0.496 e. The van der Waals surface area contributed by atoms with Crippen molar-refractivity contribution in [1.29, 1.82) is 0 Å². The van der Waals surface area contributed by atoms with Gasteiger partial charge in [0, 0.05) is 61.6 Å². The minimum absolute atomic E-state index is 0.0842. The number of para-hydroxylation sites is 1. The highest BCUT2D eigenvalue weighted by Gasteiger charge is 2.28. The van der Waals surface area contributed by atoms with Gasteiger partial charge in [-0.2, -0.15) is 0 Å². The molecule has 0 bridgehead atoms. The van der Waals surface area contributed by atoms with Crippen LogP contribution in [0.1, 0.15) is 23.0 Å². The first-order chi connectivity index (χ1) is 18.9. The summed E-state index contributed by atoms with van der Waals surface area (Å²) in [5.41, 5.74) is 4.28. The van der Waals surface area contributed by atoms with Crippen LogP contribution in [0.15, 0.2) is 71.2 Å². The van der Waals surface area contributed by atoms with Crippen LogP contribution >= 0.6 is 15.9 Å². The molecule has 1 aliphatic rings. The van der Waals surface area contributed by atoms with Crippen LogP contribution in [0.2, 0.25) is 0 Å². The molecule has 0 saturated carbocycles. The number of rotatable bonds is 8. The Morgan fingerprint density at radius 2 is 1.69 bits per heavy atom. The van der Waals surface area contributed by atoms with Gasteiger partial charge in [0.25, 0.3) is 5.69 Å². The molecule has 1 saturated heterocycles. The summed E-state index contributed by atoms with van der Waals surface area (Å²) in [7, 11) is 1.61. The SMILES string of the molecule is CCOC(=O)c1c(CN2CCN(c3ccc([N+](=O)[O-])cc3)CC2)n(-c2ccccc2)c2cc(Br)c(OC)cc12. The second kappa shape index (κ2) is 11.5. The Labute approximate surface area is 234 Å². The Morgan fingerprint density at radius 1 is 1.00 bits per heavy atom. The predicted octanol–water partition coefficient (Wildman–Crippen LogP) is 5.81. The third-order valence-corrected chi connectivity index (χ3v) is 7.62. The van der Waals surface area contributed by atoms with Crippen LogP contribution in [0.25, 0.3) is 16.6 Å². The number of benzene rings is 3. The fraction of sp³-hybridized carbons (Fsp3) is 0.276. The summed E-state index contributed by atoms with van der Waals surface area (Å²) in [6.45, 7) is 5.69. The van der Waals surface area contributed by atoms with Crippen LogP contribution in [0.3, 0.4) is 0 Å². The lowest BCUT2D eigenvalue weighted by Crippen LogP contribution is -2.46. The fourth-order valence-electron chi connectivity index (χ4n) is 5.11. The average molecular weight is 593 g/mol. The van der Waals surface area contributed by atoms with Crippen LogP contribution in [-0.2, 0) is 11.3 Å². The molecule has 9 nitrogen and oxygen atoms in total. The van der Waals surface area contributed by atoms with Gasteiger partial charge < -0.3 is 18.9 Å². The van der Waals surface area contributed by atoms with E-state index in [0.717, 1.165) is 58.6 Å². The molecule has 0 atom stereocenters. The molecule has 39 heavy (non-hydrogen) atoms. The number of anilines is 1. The number of hydrogen-bond donors (Lipinski definition) is 0. The van der Waals surface area contributed by atoms with Crippen molar-refractivity contribution in [3.8, 4) is 11.4 Å². The van der Waals surface area contributed by atoms with Crippen molar-refractivity contribution in [1.82, 2.24) is 9.47 Å².